The number of hydrogen-bond acceptors (Lipinski definition) is 9. The highest BCUT2D eigenvalue weighted by atomic mass is 19.1. The number of alkyl carbamates (subject to hydrolysis) is 1. The number of rotatable bonds is 6. The number of hydroxylamine groups is 1. The summed E-state index contributed by atoms with van der Waals surface area (Å²) in [7, 11) is 1.51. The Balaban J connectivity index is 1.23. The minimum Gasteiger partial charge on any atom is -0.497 e. The number of benzene rings is 2. The zero-order chi connectivity index (χ0) is 38.6. The van der Waals surface area contributed by atoms with Crippen LogP contribution in [0, 0.1) is 11.7 Å². The first kappa shape index (κ1) is 38.4. The van der Waals surface area contributed by atoms with E-state index in [0.717, 1.165) is 19.3 Å². The van der Waals surface area contributed by atoms with Gasteiger partial charge in [0.2, 0.25) is 11.8 Å². The van der Waals surface area contributed by atoms with E-state index in [4.69, 9.17) is 19.0 Å². The molecule has 1 saturated carbocycles. The van der Waals surface area contributed by atoms with E-state index in [1.165, 1.54) is 23.0 Å². The van der Waals surface area contributed by atoms with Crippen LogP contribution < -0.4 is 25.7 Å². The van der Waals surface area contributed by atoms with Gasteiger partial charge in [-0.05, 0) is 70.2 Å². The summed E-state index contributed by atoms with van der Waals surface area (Å²) in [6.07, 6.45) is 4.87. The van der Waals surface area contributed by atoms with Crippen molar-refractivity contribution in [1.29, 1.82) is 0 Å². The van der Waals surface area contributed by atoms with Crippen molar-refractivity contribution in [1.82, 2.24) is 25.9 Å². The summed E-state index contributed by atoms with van der Waals surface area (Å²) in [6.45, 7) is 5.16. The van der Waals surface area contributed by atoms with Gasteiger partial charge in [0.15, 0.2) is 5.75 Å². The molecule has 0 unspecified atom stereocenters. The topological polar surface area (TPSA) is 165 Å². The predicted molar refractivity (Wildman–Crippen MR) is 192 cm³/mol. The minimum atomic E-state index is -1.38. The summed E-state index contributed by atoms with van der Waals surface area (Å²) in [5, 5.41) is 5.62. The lowest BCUT2D eigenvalue weighted by Crippen LogP contribution is -2.58. The van der Waals surface area contributed by atoms with Crippen molar-refractivity contribution < 1.29 is 47.4 Å². The standard InChI is InChI=1S/C39H48FN5O9/c1-38(2,3)53-36(49)41-31-17-9-7-5-6-8-13-25-20-39(25,35(48)43-54-27-15-11-14-26(18-27)51-4)42-33(46)32-19-28(22-45(32)34(31)47)52-37(50)44-21-24-12-10-16-30(40)29(24)23-44/h8,10-16,18,25,28,31-32H,5-7,9,17,19-23H2,1-4H3,(H,41,49)(H,42,46)(H,43,48)/b13-8-/t25-,28+,31-,32-,39+/m0/s1. The molecule has 2 fully saturated rings. The van der Waals surface area contributed by atoms with Crippen molar-refractivity contribution >= 4 is 29.9 Å². The average Bonchev–Trinajstić information content (AvgIpc) is 3.42. The monoisotopic (exact) mass is 749 g/mol. The Morgan fingerprint density at radius 2 is 1.80 bits per heavy atom. The molecule has 3 N–H and O–H groups in total. The largest absolute Gasteiger partial charge is 0.497 e. The molecule has 1 aliphatic carbocycles. The van der Waals surface area contributed by atoms with Gasteiger partial charge in [-0.3, -0.25) is 19.3 Å². The molecule has 0 bridgehead atoms. The summed E-state index contributed by atoms with van der Waals surface area (Å²) in [6, 6.07) is 9.12. The van der Waals surface area contributed by atoms with E-state index in [1.54, 1.807) is 57.2 Å². The van der Waals surface area contributed by atoms with Gasteiger partial charge in [0.1, 0.15) is 40.9 Å². The van der Waals surface area contributed by atoms with E-state index < -0.39 is 65.1 Å². The number of amides is 5. The fourth-order valence-corrected chi connectivity index (χ4v) is 7.20. The Hall–Kier alpha value is -5.34. The first-order chi connectivity index (χ1) is 25.8. The molecule has 4 aliphatic rings. The van der Waals surface area contributed by atoms with Crippen LogP contribution in [0.15, 0.2) is 54.6 Å². The molecule has 0 radical (unpaired) electrons. The van der Waals surface area contributed by atoms with Gasteiger partial charge in [-0.25, -0.2) is 14.0 Å². The summed E-state index contributed by atoms with van der Waals surface area (Å²) < 4.78 is 31.0. The maximum absolute atomic E-state index is 14.4. The van der Waals surface area contributed by atoms with Crippen LogP contribution in [0.5, 0.6) is 11.5 Å². The average molecular weight is 750 g/mol. The van der Waals surface area contributed by atoms with E-state index in [1.807, 2.05) is 12.2 Å². The van der Waals surface area contributed by atoms with Crippen LogP contribution in [-0.2, 0) is 36.9 Å². The summed E-state index contributed by atoms with van der Waals surface area (Å²) in [5.74, 6) is -1.68. The molecule has 290 valence electrons. The number of ether oxygens (including phenoxy) is 3. The number of halogens is 1. The molecule has 6 rings (SSSR count). The number of nitrogens with zero attached hydrogens (tertiary/aromatic N) is 2. The number of allylic oxidation sites excluding steroid dienone is 1. The van der Waals surface area contributed by atoms with Crippen molar-refractivity contribution in [2.45, 2.75) is 108 Å². The number of fused-ring (bicyclic) bond motifs is 3. The maximum Gasteiger partial charge on any atom is 0.410 e. The first-order valence-corrected chi connectivity index (χ1v) is 18.4. The lowest BCUT2D eigenvalue weighted by molar-refractivity contribution is -0.142. The van der Waals surface area contributed by atoms with Gasteiger partial charge in [0.25, 0.3) is 5.91 Å². The Bertz CT molecular complexity index is 1800. The second kappa shape index (κ2) is 15.9. The minimum absolute atomic E-state index is 0.0202. The number of nitrogens with one attached hydrogen (secondary N) is 3. The van der Waals surface area contributed by atoms with Crippen LogP contribution >= 0.6 is 0 Å². The smallest absolute Gasteiger partial charge is 0.410 e. The van der Waals surface area contributed by atoms with Crippen LogP contribution in [0.3, 0.4) is 0 Å². The summed E-state index contributed by atoms with van der Waals surface area (Å²) >= 11 is 0. The van der Waals surface area contributed by atoms with Crippen LogP contribution in [0.4, 0.5) is 14.0 Å². The molecule has 3 aliphatic heterocycles. The highest BCUT2D eigenvalue weighted by Crippen LogP contribution is 2.45. The van der Waals surface area contributed by atoms with Gasteiger partial charge in [0.05, 0.1) is 20.2 Å². The number of carbonyl (C=O) groups is 5. The quantitative estimate of drug-likeness (QED) is 0.282. The fraction of sp³-hybridized carbons (Fsp3) is 0.513. The Kier molecular flexibility index (Phi) is 11.3. The highest BCUT2D eigenvalue weighted by molar-refractivity contribution is 5.98. The molecular weight excluding hydrogens is 701 g/mol. The molecule has 0 spiro atoms. The third-order valence-electron chi connectivity index (χ3n) is 10.1. The van der Waals surface area contributed by atoms with Gasteiger partial charge in [-0.1, -0.05) is 43.2 Å². The zero-order valence-corrected chi connectivity index (χ0v) is 31.0. The molecule has 2 aromatic carbocycles. The first-order valence-electron chi connectivity index (χ1n) is 18.4. The van der Waals surface area contributed by atoms with Crippen LogP contribution in [0.1, 0.15) is 76.8 Å². The molecule has 15 heteroatoms. The normalized spacial score (nSPS) is 26.1. The van der Waals surface area contributed by atoms with E-state index in [9.17, 15) is 28.4 Å². The molecule has 14 nitrogen and oxygen atoms in total. The van der Waals surface area contributed by atoms with Gasteiger partial charge in [0, 0.05) is 30.5 Å². The van der Waals surface area contributed by atoms with Crippen LogP contribution in [-0.4, -0.2) is 82.7 Å². The summed E-state index contributed by atoms with van der Waals surface area (Å²) in [5.41, 5.74) is 1.35. The maximum atomic E-state index is 14.4. The molecule has 3 heterocycles. The number of carbonyl (C=O) groups excluding carboxylic acids is 5. The number of hydrogen-bond donors (Lipinski definition) is 3. The summed E-state index contributed by atoms with van der Waals surface area (Å²) in [4.78, 5) is 77.0. The van der Waals surface area contributed by atoms with Gasteiger partial charge in [-0.15, -0.1) is 0 Å². The molecule has 0 aromatic heterocycles. The van der Waals surface area contributed by atoms with Crippen molar-refractivity contribution in [3.05, 3.63) is 71.6 Å². The zero-order valence-electron chi connectivity index (χ0n) is 31.0. The van der Waals surface area contributed by atoms with Crippen molar-refractivity contribution in [2.24, 2.45) is 5.92 Å². The van der Waals surface area contributed by atoms with E-state index in [-0.39, 0.29) is 44.8 Å². The molecular formula is C39H48FN5O9. The van der Waals surface area contributed by atoms with E-state index in [0.29, 0.717) is 29.0 Å². The Morgan fingerprint density at radius 1 is 1.02 bits per heavy atom. The lowest BCUT2D eigenvalue weighted by atomic mass is 10.0. The van der Waals surface area contributed by atoms with Crippen LogP contribution in [0.25, 0.3) is 0 Å². The van der Waals surface area contributed by atoms with Gasteiger partial charge < -0.3 is 34.6 Å². The molecule has 54 heavy (non-hydrogen) atoms. The highest BCUT2D eigenvalue weighted by Gasteiger charge is 2.61. The lowest BCUT2D eigenvalue weighted by Gasteiger charge is -2.30. The SMILES string of the molecule is COc1cccc(ONC(=O)[C@@]23C[C@@H]2/C=C\CCCCC[C@H](NC(=O)OC(C)(C)C)C(=O)N2C[C@H](OC(=O)N4Cc5cccc(F)c5C4)C[C@H]2C(=O)N3)c1. The van der Waals surface area contributed by atoms with E-state index in [2.05, 4.69) is 16.1 Å². The second-order valence-corrected chi connectivity index (χ2v) is 15.2. The van der Waals surface area contributed by atoms with Crippen LogP contribution in [0.2, 0.25) is 0 Å². The third kappa shape index (κ3) is 8.88. The molecule has 5 atom stereocenters. The van der Waals surface area contributed by atoms with Crippen molar-refractivity contribution in [3.8, 4) is 11.5 Å². The van der Waals surface area contributed by atoms with Crippen molar-refractivity contribution in [2.75, 3.05) is 13.7 Å². The Morgan fingerprint density at radius 3 is 2.56 bits per heavy atom. The Labute approximate surface area is 313 Å². The molecule has 5 amide bonds. The van der Waals surface area contributed by atoms with Gasteiger partial charge >= 0.3 is 12.2 Å². The molecule has 2 aromatic rings. The van der Waals surface area contributed by atoms with E-state index >= 15 is 0 Å². The second-order valence-electron chi connectivity index (χ2n) is 15.2. The third-order valence-corrected chi connectivity index (χ3v) is 10.1. The molecule has 1 saturated heterocycles. The van der Waals surface area contributed by atoms with Gasteiger partial charge in [-0.2, -0.15) is 5.48 Å². The van der Waals surface area contributed by atoms with Crippen molar-refractivity contribution in [3.63, 3.8) is 0 Å². The fourth-order valence-electron chi connectivity index (χ4n) is 7.20. The predicted octanol–water partition coefficient (Wildman–Crippen LogP) is 4.65. The number of methoxy groups -OCH3 is 1.